The maximum atomic E-state index is 11.9. The van der Waals surface area contributed by atoms with Gasteiger partial charge in [-0.2, -0.15) is 0 Å². The number of amides is 3. The summed E-state index contributed by atoms with van der Waals surface area (Å²) in [5, 5.41) is 3.19. The predicted octanol–water partition coefficient (Wildman–Crippen LogP) is 2.66. The first-order valence-corrected chi connectivity index (χ1v) is 8.66. The molecule has 0 aliphatic rings. The normalized spacial score (nSPS) is 10.4. The molecular weight excluding hydrogens is 376 g/mol. The number of hydrogen-bond acceptors (Lipinski definition) is 5. The minimum Gasteiger partial charge on any atom is -0.294 e. The van der Waals surface area contributed by atoms with Crippen LogP contribution in [0.25, 0.3) is 10.2 Å². The third-order valence-electron chi connectivity index (χ3n) is 3.37. The van der Waals surface area contributed by atoms with E-state index in [2.05, 4.69) is 21.2 Å². The van der Waals surface area contributed by atoms with Crippen molar-refractivity contribution in [1.29, 1.82) is 0 Å². The number of carbonyl (C=O) groups excluding carboxylic acids is 3. The highest BCUT2D eigenvalue weighted by molar-refractivity contribution is 7.22. The summed E-state index contributed by atoms with van der Waals surface area (Å²) in [7, 11) is 0. The van der Waals surface area contributed by atoms with Crippen LogP contribution in [0.5, 0.6) is 0 Å². The van der Waals surface area contributed by atoms with Gasteiger partial charge < -0.3 is 0 Å². The van der Waals surface area contributed by atoms with Crippen molar-refractivity contribution in [3.8, 4) is 0 Å². The van der Waals surface area contributed by atoms with Gasteiger partial charge in [-0.15, -0.1) is 0 Å². The summed E-state index contributed by atoms with van der Waals surface area (Å²) < 4.78 is 0.900. The van der Waals surface area contributed by atoms with Crippen LogP contribution in [0.1, 0.15) is 15.9 Å². The van der Waals surface area contributed by atoms with Gasteiger partial charge in [-0.1, -0.05) is 29.0 Å². The monoisotopic (exact) mass is 388 g/mol. The molecule has 0 spiro atoms. The minimum absolute atomic E-state index is 0.289. The molecule has 0 bridgehead atoms. The number of benzene rings is 2. The van der Waals surface area contributed by atoms with Crippen LogP contribution >= 0.6 is 22.9 Å². The smallest absolute Gasteiger partial charge is 0.294 e. The number of anilines is 1. The molecule has 7 nitrogen and oxygen atoms in total. The van der Waals surface area contributed by atoms with Crippen LogP contribution in [0.2, 0.25) is 5.02 Å². The molecule has 3 rings (SSSR count). The standard InChI is InChI=1S/C17H13ClN4O3S/c1-9-2-7-12-13(8-9)26-17(19-12)20-15(24)16(25)22-21-14(23)10-3-5-11(18)6-4-10/h2-8H,1H3,(H,21,23)(H,22,25)(H,19,20,24). The molecule has 0 saturated carbocycles. The quantitative estimate of drug-likeness (QED) is 0.464. The number of hydrazine groups is 1. The molecular formula is C17H13ClN4O3S. The van der Waals surface area contributed by atoms with Crippen molar-refractivity contribution in [3.63, 3.8) is 0 Å². The highest BCUT2D eigenvalue weighted by atomic mass is 35.5. The minimum atomic E-state index is -1.01. The van der Waals surface area contributed by atoms with E-state index in [1.807, 2.05) is 25.1 Å². The van der Waals surface area contributed by atoms with Gasteiger partial charge in [0.25, 0.3) is 5.91 Å². The van der Waals surface area contributed by atoms with E-state index in [1.165, 1.54) is 23.5 Å². The summed E-state index contributed by atoms with van der Waals surface area (Å²) in [6.07, 6.45) is 0. The number of fused-ring (bicyclic) bond motifs is 1. The summed E-state index contributed by atoms with van der Waals surface area (Å²) in [5.41, 5.74) is 6.30. The number of rotatable bonds is 2. The van der Waals surface area contributed by atoms with Crippen LogP contribution in [-0.4, -0.2) is 22.7 Å². The van der Waals surface area contributed by atoms with Crippen LogP contribution in [0.4, 0.5) is 5.13 Å². The van der Waals surface area contributed by atoms with Crippen LogP contribution in [0, 0.1) is 6.92 Å². The van der Waals surface area contributed by atoms with Gasteiger partial charge in [0.1, 0.15) is 0 Å². The van der Waals surface area contributed by atoms with Crippen molar-refractivity contribution in [1.82, 2.24) is 15.8 Å². The van der Waals surface area contributed by atoms with Crippen LogP contribution in [-0.2, 0) is 9.59 Å². The number of nitrogens with one attached hydrogen (secondary N) is 3. The molecule has 0 aliphatic carbocycles. The average molecular weight is 389 g/mol. The Morgan fingerprint density at radius 1 is 1.00 bits per heavy atom. The maximum Gasteiger partial charge on any atom is 0.328 e. The molecule has 132 valence electrons. The van der Waals surface area contributed by atoms with E-state index >= 15 is 0 Å². The lowest BCUT2D eigenvalue weighted by atomic mass is 10.2. The zero-order valence-electron chi connectivity index (χ0n) is 13.5. The van der Waals surface area contributed by atoms with Gasteiger partial charge >= 0.3 is 11.8 Å². The van der Waals surface area contributed by atoms with E-state index in [0.29, 0.717) is 10.2 Å². The maximum absolute atomic E-state index is 11.9. The number of carbonyl (C=O) groups is 3. The topological polar surface area (TPSA) is 100 Å². The molecule has 0 atom stereocenters. The molecule has 26 heavy (non-hydrogen) atoms. The Balaban J connectivity index is 1.57. The molecule has 0 saturated heterocycles. The van der Waals surface area contributed by atoms with Gasteiger partial charge in [-0.05, 0) is 48.9 Å². The van der Waals surface area contributed by atoms with Gasteiger partial charge in [-0.3, -0.25) is 30.6 Å². The van der Waals surface area contributed by atoms with Crippen molar-refractivity contribution in [2.75, 3.05) is 5.32 Å². The van der Waals surface area contributed by atoms with Crippen LogP contribution in [0.15, 0.2) is 42.5 Å². The van der Waals surface area contributed by atoms with Crippen molar-refractivity contribution in [3.05, 3.63) is 58.6 Å². The predicted molar refractivity (Wildman–Crippen MR) is 100 cm³/mol. The molecule has 0 fully saturated rings. The van der Waals surface area contributed by atoms with Gasteiger partial charge in [0.15, 0.2) is 5.13 Å². The Labute approximate surface area is 157 Å². The summed E-state index contributed by atoms with van der Waals surface area (Å²) in [4.78, 5) is 39.9. The van der Waals surface area contributed by atoms with Gasteiger partial charge in [-0.25, -0.2) is 4.98 Å². The van der Waals surface area contributed by atoms with E-state index in [1.54, 1.807) is 12.1 Å². The third-order valence-corrected chi connectivity index (χ3v) is 4.55. The van der Waals surface area contributed by atoms with Gasteiger partial charge in [0, 0.05) is 10.6 Å². The molecule has 0 radical (unpaired) electrons. The highest BCUT2D eigenvalue weighted by Gasteiger charge is 2.17. The van der Waals surface area contributed by atoms with E-state index in [4.69, 9.17) is 11.6 Å². The molecule has 1 heterocycles. The zero-order valence-corrected chi connectivity index (χ0v) is 15.1. The van der Waals surface area contributed by atoms with Crippen molar-refractivity contribution in [2.24, 2.45) is 0 Å². The first-order valence-electron chi connectivity index (χ1n) is 7.47. The Bertz CT molecular complexity index is 1000. The van der Waals surface area contributed by atoms with E-state index in [-0.39, 0.29) is 5.56 Å². The van der Waals surface area contributed by atoms with Crippen LogP contribution in [0.3, 0.4) is 0 Å². The Morgan fingerprint density at radius 2 is 1.73 bits per heavy atom. The van der Waals surface area contributed by atoms with Crippen LogP contribution < -0.4 is 16.2 Å². The Hall–Kier alpha value is -2.97. The molecule has 3 aromatic rings. The lowest BCUT2D eigenvalue weighted by Crippen LogP contribution is -2.46. The van der Waals surface area contributed by atoms with Gasteiger partial charge in [0.05, 0.1) is 10.2 Å². The number of aromatic nitrogens is 1. The lowest BCUT2D eigenvalue weighted by molar-refractivity contribution is -0.136. The molecule has 3 amide bonds. The Morgan fingerprint density at radius 3 is 2.46 bits per heavy atom. The number of thiazole rings is 1. The summed E-state index contributed by atoms with van der Waals surface area (Å²) in [5.74, 6) is -2.52. The van der Waals surface area contributed by atoms with Crippen molar-refractivity contribution in [2.45, 2.75) is 6.92 Å². The molecule has 0 aliphatic heterocycles. The number of halogens is 1. The second-order valence-electron chi connectivity index (χ2n) is 5.36. The first kappa shape index (κ1) is 17.8. The fraction of sp³-hybridized carbons (Fsp3) is 0.0588. The molecule has 1 aromatic heterocycles. The summed E-state index contributed by atoms with van der Waals surface area (Å²) >= 11 is 7.00. The van der Waals surface area contributed by atoms with Crippen molar-refractivity contribution < 1.29 is 14.4 Å². The number of aryl methyl sites for hydroxylation is 1. The molecule has 0 unspecified atom stereocenters. The summed E-state index contributed by atoms with van der Waals surface area (Å²) in [6, 6.07) is 11.8. The number of nitrogens with zero attached hydrogens (tertiary/aromatic N) is 1. The molecule has 2 aromatic carbocycles. The molecule has 3 N–H and O–H groups in total. The fourth-order valence-corrected chi connectivity index (χ4v) is 3.17. The fourth-order valence-electron chi connectivity index (χ4n) is 2.08. The van der Waals surface area contributed by atoms with E-state index in [9.17, 15) is 14.4 Å². The Kier molecular flexibility index (Phi) is 5.15. The second-order valence-corrected chi connectivity index (χ2v) is 6.83. The molecule has 9 heteroatoms. The third kappa shape index (κ3) is 4.16. The summed E-state index contributed by atoms with van der Waals surface area (Å²) in [6.45, 7) is 1.95. The van der Waals surface area contributed by atoms with Gasteiger partial charge in [0.2, 0.25) is 0 Å². The largest absolute Gasteiger partial charge is 0.328 e. The van der Waals surface area contributed by atoms with Crippen molar-refractivity contribution >= 4 is 56.0 Å². The van der Waals surface area contributed by atoms with E-state index < -0.39 is 17.7 Å². The SMILES string of the molecule is Cc1ccc2nc(NC(=O)C(=O)NNC(=O)c3ccc(Cl)cc3)sc2c1. The number of hydrogen-bond donors (Lipinski definition) is 3. The zero-order chi connectivity index (χ0) is 18.7. The lowest BCUT2D eigenvalue weighted by Gasteiger charge is -2.06. The highest BCUT2D eigenvalue weighted by Crippen LogP contribution is 2.26. The van der Waals surface area contributed by atoms with E-state index in [0.717, 1.165) is 15.8 Å². The average Bonchev–Trinajstić information content (AvgIpc) is 3.01. The second kappa shape index (κ2) is 7.51. The first-order chi connectivity index (χ1) is 12.4.